The highest BCUT2D eigenvalue weighted by Gasteiger charge is 2.31. The monoisotopic (exact) mass is 298 g/mol. The Morgan fingerprint density at radius 2 is 2.24 bits per heavy atom. The van der Waals surface area contributed by atoms with Crippen molar-refractivity contribution in [3.63, 3.8) is 0 Å². The molecular weight excluding hydrogens is 288 g/mol. The number of anilines is 1. The molecule has 17 heavy (non-hydrogen) atoms. The first-order valence-corrected chi connectivity index (χ1v) is 6.10. The van der Waals surface area contributed by atoms with Crippen molar-refractivity contribution >= 4 is 33.2 Å². The molecule has 0 aliphatic carbocycles. The van der Waals surface area contributed by atoms with Gasteiger partial charge in [0.05, 0.1) is 16.2 Å². The lowest BCUT2D eigenvalue weighted by Gasteiger charge is -2.18. The van der Waals surface area contributed by atoms with E-state index in [0.29, 0.717) is 24.2 Å². The van der Waals surface area contributed by atoms with Gasteiger partial charge in [0.25, 0.3) is 5.69 Å². The van der Waals surface area contributed by atoms with Crippen LogP contribution in [0, 0.1) is 17.0 Å². The van der Waals surface area contributed by atoms with Gasteiger partial charge in [-0.15, -0.1) is 0 Å². The summed E-state index contributed by atoms with van der Waals surface area (Å²) >= 11 is 3.39. The van der Waals surface area contributed by atoms with E-state index in [2.05, 4.69) is 15.9 Å². The summed E-state index contributed by atoms with van der Waals surface area (Å²) in [6, 6.07) is 4.80. The summed E-state index contributed by atoms with van der Waals surface area (Å²) in [5, 5.41) is 10.8. The highest BCUT2D eigenvalue weighted by atomic mass is 79.9. The van der Waals surface area contributed by atoms with Crippen molar-refractivity contribution in [3.8, 4) is 0 Å². The van der Waals surface area contributed by atoms with Crippen molar-refractivity contribution < 1.29 is 9.72 Å². The standard InChI is InChI=1S/C11H11BrN2O3/c1-7-9(3-2-4-10(7)14(16)17)13-6-8(12)5-11(13)15/h2-4,8H,5-6H2,1H3. The lowest BCUT2D eigenvalue weighted by molar-refractivity contribution is -0.385. The van der Waals surface area contributed by atoms with Crippen molar-refractivity contribution in [1.29, 1.82) is 0 Å². The first kappa shape index (κ1) is 12.0. The molecule has 0 saturated carbocycles. The van der Waals surface area contributed by atoms with Gasteiger partial charge in [-0.3, -0.25) is 14.9 Å². The van der Waals surface area contributed by atoms with Gasteiger partial charge in [-0.2, -0.15) is 0 Å². The van der Waals surface area contributed by atoms with E-state index in [9.17, 15) is 14.9 Å². The molecule has 1 aliphatic heterocycles. The molecule has 0 N–H and O–H groups in total. The fourth-order valence-corrected chi connectivity index (χ4v) is 2.57. The number of nitro benzene ring substituents is 1. The Hall–Kier alpha value is -1.43. The second-order valence-corrected chi connectivity index (χ2v) is 5.28. The molecule has 1 atom stereocenters. The van der Waals surface area contributed by atoms with E-state index >= 15 is 0 Å². The molecule has 5 nitrogen and oxygen atoms in total. The lowest BCUT2D eigenvalue weighted by Crippen LogP contribution is -2.25. The van der Waals surface area contributed by atoms with Crippen LogP contribution in [0.3, 0.4) is 0 Å². The maximum atomic E-state index is 11.7. The van der Waals surface area contributed by atoms with Crippen LogP contribution in [0.5, 0.6) is 0 Å². The molecule has 2 rings (SSSR count). The van der Waals surface area contributed by atoms with E-state index in [1.807, 2.05) is 0 Å². The van der Waals surface area contributed by atoms with Crippen LogP contribution in [-0.4, -0.2) is 22.2 Å². The summed E-state index contributed by atoms with van der Waals surface area (Å²) in [6.45, 7) is 2.23. The minimum absolute atomic E-state index is 0.00419. The van der Waals surface area contributed by atoms with E-state index in [1.54, 1.807) is 24.0 Å². The molecule has 6 heteroatoms. The molecule has 90 valence electrons. The highest BCUT2D eigenvalue weighted by molar-refractivity contribution is 9.09. The first-order valence-electron chi connectivity index (χ1n) is 5.19. The van der Waals surface area contributed by atoms with Gasteiger partial charge in [-0.1, -0.05) is 22.0 Å². The molecule has 1 saturated heterocycles. The summed E-state index contributed by atoms with van der Waals surface area (Å²) in [6.07, 6.45) is 0.433. The maximum absolute atomic E-state index is 11.7. The Labute approximate surface area is 107 Å². The van der Waals surface area contributed by atoms with E-state index in [-0.39, 0.29) is 16.4 Å². The van der Waals surface area contributed by atoms with Gasteiger partial charge >= 0.3 is 0 Å². The zero-order valence-electron chi connectivity index (χ0n) is 9.22. The van der Waals surface area contributed by atoms with Crippen LogP contribution in [0.4, 0.5) is 11.4 Å². The smallest absolute Gasteiger partial charge is 0.274 e. The molecule has 1 unspecified atom stereocenters. The number of nitro groups is 1. The number of nitrogens with zero attached hydrogens (tertiary/aromatic N) is 2. The third-order valence-corrected chi connectivity index (χ3v) is 3.46. The molecule has 1 amide bonds. The summed E-state index contributed by atoms with van der Waals surface area (Å²) in [5.74, 6) is -0.00419. The fraction of sp³-hybridized carbons (Fsp3) is 0.364. The van der Waals surface area contributed by atoms with Crippen LogP contribution in [0.15, 0.2) is 18.2 Å². The van der Waals surface area contributed by atoms with Crippen LogP contribution in [0.25, 0.3) is 0 Å². The van der Waals surface area contributed by atoms with Crippen LogP contribution < -0.4 is 4.90 Å². The van der Waals surface area contributed by atoms with Crippen molar-refractivity contribution in [3.05, 3.63) is 33.9 Å². The molecule has 1 heterocycles. The number of hydrogen-bond donors (Lipinski definition) is 0. The number of carbonyl (C=O) groups excluding carboxylic acids is 1. The van der Waals surface area contributed by atoms with Crippen LogP contribution in [-0.2, 0) is 4.79 Å². The number of amides is 1. The zero-order valence-corrected chi connectivity index (χ0v) is 10.8. The molecule has 1 fully saturated rings. The molecule has 1 aromatic carbocycles. The first-order chi connectivity index (χ1) is 8.00. The minimum atomic E-state index is -0.426. The molecule has 0 bridgehead atoms. The number of hydrogen-bond acceptors (Lipinski definition) is 3. The van der Waals surface area contributed by atoms with E-state index in [4.69, 9.17) is 0 Å². The summed E-state index contributed by atoms with van der Waals surface area (Å²) in [7, 11) is 0. The van der Waals surface area contributed by atoms with Crippen molar-refractivity contribution in [1.82, 2.24) is 0 Å². The topological polar surface area (TPSA) is 63.5 Å². The molecule has 1 aliphatic rings. The Kier molecular flexibility index (Phi) is 3.15. The Morgan fingerprint density at radius 1 is 1.53 bits per heavy atom. The average Bonchev–Trinajstić information content (AvgIpc) is 2.57. The Balaban J connectivity index is 2.43. The third kappa shape index (κ3) is 2.17. The number of rotatable bonds is 2. The molecular formula is C11H11BrN2O3. The molecule has 1 aromatic rings. The minimum Gasteiger partial charge on any atom is -0.311 e. The van der Waals surface area contributed by atoms with Gasteiger partial charge < -0.3 is 4.90 Å². The summed E-state index contributed by atoms with van der Waals surface area (Å²) in [4.78, 5) is 23.9. The number of carbonyl (C=O) groups is 1. The van der Waals surface area contributed by atoms with Crippen molar-refractivity contribution in [2.75, 3.05) is 11.4 Å². The van der Waals surface area contributed by atoms with Crippen LogP contribution in [0.2, 0.25) is 0 Å². The van der Waals surface area contributed by atoms with Gasteiger partial charge in [0.15, 0.2) is 0 Å². The van der Waals surface area contributed by atoms with Gasteiger partial charge in [-0.25, -0.2) is 0 Å². The normalized spacial score (nSPS) is 19.8. The Bertz CT molecular complexity index is 490. The second kappa shape index (κ2) is 4.44. The van der Waals surface area contributed by atoms with Crippen LogP contribution >= 0.6 is 15.9 Å². The zero-order chi connectivity index (χ0) is 12.6. The molecule has 0 radical (unpaired) electrons. The lowest BCUT2D eigenvalue weighted by atomic mass is 10.1. The largest absolute Gasteiger partial charge is 0.311 e. The SMILES string of the molecule is Cc1c(N2CC(Br)CC2=O)cccc1[N+](=O)[O-]. The van der Waals surface area contributed by atoms with Gasteiger partial charge in [0.1, 0.15) is 0 Å². The Morgan fingerprint density at radius 3 is 2.76 bits per heavy atom. The van der Waals surface area contributed by atoms with Crippen molar-refractivity contribution in [2.45, 2.75) is 18.2 Å². The van der Waals surface area contributed by atoms with Crippen LogP contribution in [0.1, 0.15) is 12.0 Å². The van der Waals surface area contributed by atoms with Gasteiger partial charge in [0, 0.05) is 23.9 Å². The third-order valence-electron chi connectivity index (χ3n) is 2.84. The molecule has 0 spiro atoms. The predicted molar refractivity (Wildman–Crippen MR) is 67.5 cm³/mol. The quantitative estimate of drug-likeness (QED) is 0.478. The van der Waals surface area contributed by atoms with E-state index in [1.165, 1.54) is 6.07 Å². The van der Waals surface area contributed by atoms with E-state index < -0.39 is 4.92 Å². The fourth-order valence-electron chi connectivity index (χ4n) is 2.00. The number of benzene rings is 1. The average molecular weight is 299 g/mol. The predicted octanol–water partition coefficient (Wildman–Crippen LogP) is 2.40. The summed E-state index contributed by atoms with van der Waals surface area (Å²) < 4.78 is 0. The second-order valence-electron chi connectivity index (χ2n) is 3.98. The molecule has 0 aromatic heterocycles. The van der Waals surface area contributed by atoms with Crippen molar-refractivity contribution in [2.24, 2.45) is 0 Å². The van der Waals surface area contributed by atoms with E-state index in [0.717, 1.165) is 0 Å². The maximum Gasteiger partial charge on any atom is 0.274 e. The number of alkyl halides is 1. The summed E-state index contributed by atoms with van der Waals surface area (Å²) in [5.41, 5.74) is 1.21. The van der Waals surface area contributed by atoms with Gasteiger partial charge in [-0.05, 0) is 13.0 Å². The van der Waals surface area contributed by atoms with Gasteiger partial charge in [0.2, 0.25) is 5.91 Å². The number of halogens is 1. The highest BCUT2D eigenvalue weighted by Crippen LogP contribution is 2.32.